The number of sulfonamides is 1. The van der Waals surface area contributed by atoms with E-state index in [-0.39, 0.29) is 17.3 Å². The number of nitrogens with zero attached hydrogens (tertiary/aromatic N) is 1. The summed E-state index contributed by atoms with van der Waals surface area (Å²) in [5.41, 5.74) is 1.16. The van der Waals surface area contributed by atoms with Gasteiger partial charge in [-0.15, -0.1) is 0 Å². The normalized spacial score (nSPS) is 14.8. The van der Waals surface area contributed by atoms with Crippen LogP contribution in [0, 0.1) is 11.8 Å². The van der Waals surface area contributed by atoms with E-state index in [2.05, 4.69) is 17.2 Å². The van der Waals surface area contributed by atoms with Gasteiger partial charge in [0.2, 0.25) is 10.0 Å². The monoisotopic (exact) mass is 416 g/mol. The Morgan fingerprint density at radius 2 is 1.79 bits per heavy atom. The minimum absolute atomic E-state index is 0.180. The van der Waals surface area contributed by atoms with Crippen molar-refractivity contribution < 1.29 is 13.2 Å². The maximum atomic E-state index is 12.6. The van der Waals surface area contributed by atoms with Gasteiger partial charge < -0.3 is 5.32 Å². The van der Waals surface area contributed by atoms with E-state index in [4.69, 9.17) is 11.6 Å². The van der Waals surface area contributed by atoms with Crippen molar-refractivity contribution in [2.75, 3.05) is 19.6 Å². The first-order valence-corrected chi connectivity index (χ1v) is 10.9. The maximum absolute atomic E-state index is 12.6. The molecule has 7 heteroatoms. The molecular formula is C21H21ClN2O3S. The number of piperidine rings is 1. The van der Waals surface area contributed by atoms with Gasteiger partial charge in [0.15, 0.2) is 0 Å². The Balaban J connectivity index is 1.59. The number of hydrogen-bond acceptors (Lipinski definition) is 3. The topological polar surface area (TPSA) is 66.5 Å². The number of amides is 1. The highest BCUT2D eigenvalue weighted by Gasteiger charge is 2.25. The summed E-state index contributed by atoms with van der Waals surface area (Å²) in [5, 5.41) is 3.31. The second kappa shape index (κ2) is 9.24. The average Bonchev–Trinajstić information content (AvgIpc) is 2.72. The Morgan fingerprint density at radius 3 is 2.46 bits per heavy atom. The Bertz CT molecular complexity index is 1000. The van der Waals surface area contributed by atoms with Crippen LogP contribution in [0.25, 0.3) is 0 Å². The third-order valence-corrected chi connectivity index (χ3v) is 6.61. The molecule has 1 aliphatic rings. The van der Waals surface area contributed by atoms with Gasteiger partial charge in [0.1, 0.15) is 0 Å². The standard InChI is InChI=1S/C21H21ClN2O3S/c22-19-8-4-6-17(16-19)7-5-13-23-21(25)18-9-11-20(12-10-18)28(26,27)24-14-2-1-3-15-24/h4,6,8-12,16H,1-3,13-15H2,(H,23,25). The number of carbonyl (C=O) groups excluding carboxylic acids is 1. The van der Waals surface area contributed by atoms with Crippen LogP contribution in [0.4, 0.5) is 0 Å². The second-order valence-corrected chi connectivity index (χ2v) is 8.86. The summed E-state index contributed by atoms with van der Waals surface area (Å²) in [7, 11) is -3.49. The van der Waals surface area contributed by atoms with E-state index in [1.54, 1.807) is 12.1 Å². The largest absolute Gasteiger partial charge is 0.341 e. The molecule has 0 aliphatic carbocycles. The van der Waals surface area contributed by atoms with Crippen LogP contribution in [0.5, 0.6) is 0 Å². The number of rotatable bonds is 4. The van der Waals surface area contributed by atoms with Gasteiger partial charge in [-0.05, 0) is 55.3 Å². The van der Waals surface area contributed by atoms with Crippen molar-refractivity contribution in [2.24, 2.45) is 0 Å². The van der Waals surface area contributed by atoms with Gasteiger partial charge in [0.05, 0.1) is 11.4 Å². The fourth-order valence-corrected chi connectivity index (χ4v) is 4.68. The molecule has 0 aromatic heterocycles. The van der Waals surface area contributed by atoms with Gasteiger partial charge >= 0.3 is 0 Å². The van der Waals surface area contributed by atoms with Crippen molar-refractivity contribution in [1.82, 2.24) is 9.62 Å². The number of benzene rings is 2. The summed E-state index contributed by atoms with van der Waals surface area (Å²) < 4.78 is 26.8. The molecule has 146 valence electrons. The van der Waals surface area contributed by atoms with Crippen LogP contribution >= 0.6 is 11.6 Å². The fourth-order valence-electron chi connectivity index (χ4n) is 2.97. The van der Waals surface area contributed by atoms with Gasteiger partial charge in [-0.25, -0.2) is 8.42 Å². The van der Waals surface area contributed by atoms with Crippen molar-refractivity contribution in [2.45, 2.75) is 24.2 Å². The minimum atomic E-state index is -3.49. The van der Waals surface area contributed by atoms with Gasteiger partial charge in [-0.1, -0.05) is 35.9 Å². The highest BCUT2D eigenvalue weighted by molar-refractivity contribution is 7.89. The summed E-state index contributed by atoms with van der Waals surface area (Å²) >= 11 is 5.90. The molecule has 0 atom stereocenters. The third kappa shape index (κ3) is 5.14. The van der Waals surface area contributed by atoms with E-state index in [9.17, 15) is 13.2 Å². The van der Waals surface area contributed by atoms with E-state index in [0.717, 1.165) is 24.8 Å². The molecule has 0 bridgehead atoms. The van der Waals surface area contributed by atoms with Gasteiger partial charge in [0.25, 0.3) is 5.91 Å². The first-order valence-electron chi connectivity index (χ1n) is 9.10. The van der Waals surface area contributed by atoms with Crippen LogP contribution in [0.3, 0.4) is 0 Å². The molecule has 0 radical (unpaired) electrons. The molecule has 1 saturated heterocycles. The highest BCUT2D eigenvalue weighted by atomic mass is 35.5. The molecule has 5 nitrogen and oxygen atoms in total. The summed E-state index contributed by atoms with van der Waals surface area (Å²) in [4.78, 5) is 12.4. The zero-order valence-electron chi connectivity index (χ0n) is 15.3. The van der Waals surface area contributed by atoms with Crippen molar-refractivity contribution in [3.8, 4) is 11.8 Å². The zero-order chi connectivity index (χ0) is 20.0. The van der Waals surface area contributed by atoms with E-state index < -0.39 is 10.0 Å². The average molecular weight is 417 g/mol. The Morgan fingerprint density at radius 1 is 1.07 bits per heavy atom. The van der Waals surface area contributed by atoms with Gasteiger partial charge in [0, 0.05) is 29.2 Å². The van der Waals surface area contributed by atoms with E-state index in [1.165, 1.54) is 28.6 Å². The number of hydrogen-bond donors (Lipinski definition) is 1. The predicted octanol–water partition coefficient (Wildman–Crippen LogP) is 3.30. The van der Waals surface area contributed by atoms with Crippen LogP contribution in [0.2, 0.25) is 5.02 Å². The lowest BCUT2D eigenvalue weighted by atomic mass is 10.2. The Hall–Kier alpha value is -2.33. The quantitative estimate of drug-likeness (QED) is 0.777. The van der Waals surface area contributed by atoms with Crippen LogP contribution in [-0.2, 0) is 10.0 Å². The molecule has 3 rings (SSSR count). The lowest BCUT2D eigenvalue weighted by Crippen LogP contribution is -2.35. The highest BCUT2D eigenvalue weighted by Crippen LogP contribution is 2.20. The van der Waals surface area contributed by atoms with Crippen molar-refractivity contribution in [1.29, 1.82) is 0 Å². The molecule has 0 saturated carbocycles. The van der Waals surface area contributed by atoms with Crippen LogP contribution < -0.4 is 5.32 Å². The van der Waals surface area contributed by atoms with Crippen LogP contribution in [0.1, 0.15) is 35.2 Å². The molecule has 1 heterocycles. The molecule has 1 N–H and O–H groups in total. The first-order chi connectivity index (χ1) is 13.5. The first kappa shape index (κ1) is 20.4. The molecule has 1 aliphatic heterocycles. The molecule has 2 aromatic rings. The molecule has 28 heavy (non-hydrogen) atoms. The van der Waals surface area contributed by atoms with Gasteiger partial charge in [-0.3, -0.25) is 4.79 Å². The third-order valence-electron chi connectivity index (χ3n) is 4.46. The van der Waals surface area contributed by atoms with E-state index >= 15 is 0 Å². The van der Waals surface area contributed by atoms with Crippen LogP contribution in [-0.4, -0.2) is 38.3 Å². The number of carbonyl (C=O) groups is 1. The lowest BCUT2D eigenvalue weighted by Gasteiger charge is -2.25. The molecule has 1 amide bonds. The molecule has 2 aromatic carbocycles. The van der Waals surface area contributed by atoms with E-state index in [1.807, 2.05) is 12.1 Å². The van der Waals surface area contributed by atoms with Crippen molar-refractivity contribution in [3.05, 3.63) is 64.7 Å². The van der Waals surface area contributed by atoms with Crippen LogP contribution in [0.15, 0.2) is 53.4 Å². The summed E-state index contributed by atoms with van der Waals surface area (Å²) in [5.74, 6) is 5.49. The van der Waals surface area contributed by atoms with Gasteiger partial charge in [-0.2, -0.15) is 4.31 Å². The Labute approximate surface area is 170 Å². The maximum Gasteiger partial charge on any atom is 0.252 e. The second-order valence-electron chi connectivity index (χ2n) is 6.48. The minimum Gasteiger partial charge on any atom is -0.341 e. The zero-order valence-corrected chi connectivity index (χ0v) is 16.9. The number of nitrogens with one attached hydrogen (secondary N) is 1. The van der Waals surface area contributed by atoms with E-state index in [0.29, 0.717) is 23.7 Å². The van der Waals surface area contributed by atoms with Crippen molar-refractivity contribution >= 4 is 27.5 Å². The summed E-state index contributed by atoms with van der Waals surface area (Å²) in [6.45, 7) is 1.28. The lowest BCUT2D eigenvalue weighted by molar-refractivity contribution is 0.0958. The predicted molar refractivity (Wildman–Crippen MR) is 110 cm³/mol. The SMILES string of the molecule is O=C(NCC#Cc1cccc(Cl)c1)c1ccc(S(=O)(=O)N2CCCCC2)cc1. The van der Waals surface area contributed by atoms with Crippen molar-refractivity contribution in [3.63, 3.8) is 0 Å². The smallest absolute Gasteiger partial charge is 0.252 e. The molecule has 0 unspecified atom stereocenters. The Kier molecular flexibility index (Phi) is 6.74. The molecule has 0 spiro atoms. The summed E-state index contributed by atoms with van der Waals surface area (Å²) in [6.07, 6.45) is 2.83. The molecule has 1 fully saturated rings. The number of halogens is 1. The fraction of sp³-hybridized carbons (Fsp3) is 0.286. The summed E-state index contributed by atoms with van der Waals surface area (Å²) in [6, 6.07) is 13.2. The molecular weight excluding hydrogens is 396 g/mol.